The van der Waals surface area contributed by atoms with Gasteiger partial charge in [0.25, 0.3) is 0 Å². The zero-order valence-corrected chi connectivity index (χ0v) is 7.70. The van der Waals surface area contributed by atoms with Crippen molar-refractivity contribution in [2.24, 2.45) is 0 Å². The Morgan fingerprint density at radius 3 is 2.57 bits per heavy atom. The largest absolute Gasteiger partial charge is 0.384 e. The van der Waals surface area contributed by atoms with E-state index in [1.54, 1.807) is 0 Å². The molecule has 1 nitrogen and oxygen atoms in total. The van der Waals surface area contributed by atoms with Crippen molar-refractivity contribution in [3.63, 3.8) is 0 Å². The summed E-state index contributed by atoms with van der Waals surface area (Å²) in [4.78, 5) is 0. The summed E-state index contributed by atoms with van der Waals surface area (Å²) in [5, 5.41) is 11.0. The molecule has 0 bridgehead atoms. The number of fused-ring (bicyclic) bond motifs is 1. The van der Waals surface area contributed by atoms with E-state index in [9.17, 15) is 0 Å². The Hall–Kier alpha value is -1.78. The minimum Gasteiger partial charge on any atom is -0.384 e. The zero-order chi connectivity index (χ0) is 9.80. The quantitative estimate of drug-likeness (QED) is 0.619. The number of aliphatic hydroxyl groups excluding tert-OH is 1. The summed E-state index contributed by atoms with van der Waals surface area (Å²) in [6.45, 7) is -0.0904. The Morgan fingerprint density at radius 2 is 1.79 bits per heavy atom. The summed E-state index contributed by atoms with van der Waals surface area (Å²) in [6, 6.07) is 14.2. The molecule has 0 aliphatic carbocycles. The van der Waals surface area contributed by atoms with Crippen LogP contribution in [0.25, 0.3) is 10.8 Å². The second kappa shape index (κ2) is 3.95. The van der Waals surface area contributed by atoms with E-state index in [1.807, 2.05) is 30.3 Å². The van der Waals surface area contributed by atoms with Crippen molar-refractivity contribution in [1.29, 1.82) is 0 Å². The van der Waals surface area contributed by atoms with Crippen LogP contribution in [0.3, 0.4) is 0 Å². The maximum Gasteiger partial charge on any atom is 0.104 e. The van der Waals surface area contributed by atoms with Gasteiger partial charge in [0, 0.05) is 5.56 Å². The summed E-state index contributed by atoms with van der Waals surface area (Å²) in [7, 11) is 0. The Bertz CT molecular complexity index is 503. The Kier molecular flexibility index (Phi) is 2.48. The summed E-state index contributed by atoms with van der Waals surface area (Å²) in [6.07, 6.45) is 0. The molecule has 0 radical (unpaired) electrons. The monoisotopic (exact) mass is 182 g/mol. The molecule has 0 fully saturated rings. The fraction of sp³-hybridized carbons (Fsp3) is 0.0769. The summed E-state index contributed by atoms with van der Waals surface area (Å²) in [5.74, 6) is 5.52. The van der Waals surface area contributed by atoms with Gasteiger partial charge in [0.1, 0.15) is 6.61 Å². The van der Waals surface area contributed by atoms with Crippen molar-refractivity contribution in [3.05, 3.63) is 48.0 Å². The van der Waals surface area contributed by atoms with Gasteiger partial charge < -0.3 is 5.11 Å². The van der Waals surface area contributed by atoms with Gasteiger partial charge in [0.05, 0.1) is 0 Å². The van der Waals surface area contributed by atoms with Gasteiger partial charge in [0.2, 0.25) is 0 Å². The van der Waals surface area contributed by atoms with E-state index in [2.05, 4.69) is 24.0 Å². The predicted octanol–water partition coefficient (Wildman–Crippen LogP) is 2.18. The zero-order valence-electron chi connectivity index (χ0n) is 7.70. The third kappa shape index (κ3) is 1.76. The van der Waals surface area contributed by atoms with Gasteiger partial charge in [-0.25, -0.2) is 0 Å². The molecule has 0 unspecified atom stereocenters. The molecule has 0 aliphatic heterocycles. The summed E-state index contributed by atoms with van der Waals surface area (Å²) >= 11 is 0. The number of benzene rings is 2. The fourth-order valence-corrected chi connectivity index (χ4v) is 1.41. The molecule has 0 spiro atoms. The number of aliphatic hydroxyl groups is 1. The van der Waals surface area contributed by atoms with E-state index in [0.717, 1.165) is 5.56 Å². The van der Waals surface area contributed by atoms with Gasteiger partial charge in [-0.05, 0) is 22.9 Å². The molecule has 0 aliphatic rings. The molecule has 0 aromatic heterocycles. The highest BCUT2D eigenvalue weighted by Gasteiger charge is 1.91. The van der Waals surface area contributed by atoms with Crippen LogP contribution in [0.1, 0.15) is 5.56 Å². The second-order valence-corrected chi connectivity index (χ2v) is 3.02. The van der Waals surface area contributed by atoms with Crippen LogP contribution in [-0.2, 0) is 0 Å². The van der Waals surface area contributed by atoms with E-state index >= 15 is 0 Å². The molecule has 68 valence electrons. The predicted molar refractivity (Wildman–Crippen MR) is 57.9 cm³/mol. The van der Waals surface area contributed by atoms with Crippen LogP contribution in [0.5, 0.6) is 0 Å². The third-order valence-corrected chi connectivity index (χ3v) is 2.06. The first-order chi connectivity index (χ1) is 6.90. The number of hydrogen-bond donors (Lipinski definition) is 1. The molecular formula is C13H10O. The van der Waals surface area contributed by atoms with E-state index in [4.69, 9.17) is 5.11 Å². The Balaban J connectivity index is 2.51. The maximum absolute atomic E-state index is 8.57. The van der Waals surface area contributed by atoms with Gasteiger partial charge >= 0.3 is 0 Å². The average molecular weight is 182 g/mol. The number of rotatable bonds is 0. The molecule has 2 aromatic carbocycles. The van der Waals surface area contributed by atoms with Crippen LogP contribution in [0, 0.1) is 11.8 Å². The third-order valence-electron chi connectivity index (χ3n) is 2.06. The van der Waals surface area contributed by atoms with Gasteiger partial charge in [-0.15, -0.1) is 0 Å². The normalized spacial score (nSPS) is 9.50. The minimum atomic E-state index is -0.0904. The molecule has 2 rings (SSSR count). The molecule has 0 heterocycles. The topological polar surface area (TPSA) is 20.2 Å². The molecule has 0 saturated carbocycles. The van der Waals surface area contributed by atoms with Crippen molar-refractivity contribution < 1.29 is 5.11 Å². The molecule has 1 N–H and O–H groups in total. The van der Waals surface area contributed by atoms with Gasteiger partial charge in [-0.2, -0.15) is 0 Å². The van der Waals surface area contributed by atoms with Gasteiger partial charge in [0.15, 0.2) is 0 Å². The van der Waals surface area contributed by atoms with Crippen LogP contribution in [0.2, 0.25) is 0 Å². The van der Waals surface area contributed by atoms with Crippen LogP contribution < -0.4 is 0 Å². The first-order valence-electron chi connectivity index (χ1n) is 4.49. The Labute approximate surface area is 83.0 Å². The van der Waals surface area contributed by atoms with Crippen molar-refractivity contribution >= 4 is 10.8 Å². The van der Waals surface area contributed by atoms with E-state index in [1.165, 1.54) is 10.8 Å². The lowest BCUT2D eigenvalue weighted by Crippen LogP contribution is -1.78. The highest BCUT2D eigenvalue weighted by molar-refractivity contribution is 5.83. The highest BCUT2D eigenvalue weighted by atomic mass is 16.2. The summed E-state index contributed by atoms with van der Waals surface area (Å²) < 4.78 is 0. The van der Waals surface area contributed by atoms with Crippen LogP contribution in [0.4, 0.5) is 0 Å². The maximum atomic E-state index is 8.57. The lowest BCUT2D eigenvalue weighted by molar-refractivity contribution is 0.350. The average Bonchev–Trinajstić information content (AvgIpc) is 2.26. The first-order valence-corrected chi connectivity index (χ1v) is 4.49. The van der Waals surface area contributed by atoms with Gasteiger partial charge in [-0.1, -0.05) is 42.2 Å². The highest BCUT2D eigenvalue weighted by Crippen LogP contribution is 2.14. The van der Waals surface area contributed by atoms with E-state index < -0.39 is 0 Å². The van der Waals surface area contributed by atoms with Crippen molar-refractivity contribution in [2.45, 2.75) is 0 Å². The standard InChI is InChI=1S/C13H10O/c14-9-3-4-11-7-8-12-5-1-2-6-13(12)10-11/h1-2,5-8,10,14H,9H2. The molecular weight excluding hydrogens is 172 g/mol. The van der Waals surface area contributed by atoms with Crippen LogP contribution >= 0.6 is 0 Å². The molecule has 0 atom stereocenters. The molecule has 2 aromatic rings. The summed E-state index contributed by atoms with van der Waals surface area (Å²) in [5.41, 5.74) is 0.942. The molecule has 1 heteroatoms. The smallest absolute Gasteiger partial charge is 0.104 e. The van der Waals surface area contributed by atoms with Gasteiger partial charge in [-0.3, -0.25) is 0 Å². The minimum absolute atomic E-state index is 0.0904. The van der Waals surface area contributed by atoms with E-state index in [-0.39, 0.29) is 6.61 Å². The Morgan fingerprint density at radius 1 is 1.00 bits per heavy atom. The fourth-order valence-electron chi connectivity index (χ4n) is 1.41. The number of hydrogen-bond acceptors (Lipinski definition) is 1. The van der Waals surface area contributed by atoms with Crippen molar-refractivity contribution in [2.75, 3.05) is 6.61 Å². The lowest BCUT2D eigenvalue weighted by atomic mass is 10.1. The molecule has 14 heavy (non-hydrogen) atoms. The first kappa shape index (κ1) is 8.80. The van der Waals surface area contributed by atoms with Crippen LogP contribution in [-0.4, -0.2) is 11.7 Å². The molecule has 0 saturated heterocycles. The molecule has 0 amide bonds. The van der Waals surface area contributed by atoms with Crippen molar-refractivity contribution in [1.82, 2.24) is 0 Å². The SMILES string of the molecule is OCC#Cc1ccc2ccccc2c1. The second-order valence-electron chi connectivity index (χ2n) is 3.02. The van der Waals surface area contributed by atoms with Crippen LogP contribution in [0.15, 0.2) is 42.5 Å². The van der Waals surface area contributed by atoms with Crippen molar-refractivity contribution in [3.8, 4) is 11.8 Å². The lowest BCUT2D eigenvalue weighted by Gasteiger charge is -1.96. The van der Waals surface area contributed by atoms with E-state index in [0.29, 0.717) is 0 Å².